The van der Waals surface area contributed by atoms with Gasteiger partial charge >= 0.3 is 0 Å². The number of ether oxygens (including phenoxy) is 1. The van der Waals surface area contributed by atoms with Crippen LogP contribution >= 0.6 is 0 Å². The predicted octanol–water partition coefficient (Wildman–Crippen LogP) is 2.24. The first-order valence-corrected chi connectivity index (χ1v) is 14.6. The highest BCUT2D eigenvalue weighted by Gasteiger charge is 2.32. The lowest BCUT2D eigenvalue weighted by molar-refractivity contribution is -0.991. The zero-order chi connectivity index (χ0) is 35.4. The number of hydrazine groups is 1. The average Bonchev–Trinajstić information content (AvgIpc) is 3.40. The van der Waals surface area contributed by atoms with Crippen molar-refractivity contribution in [3.05, 3.63) is 118 Å². The maximum atomic E-state index is 13.8. The Labute approximate surface area is 282 Å². The molecule has 2 heterocycles. The number of quaternary nitrogens is 2. The van der Waals surface area contributed by atoms with Gasteiger partial charge in [0.15, 0.2) is 17.2 Å². The van der Waals surface area contributed by atoms with E-state index in [4.69, 9.17) is 4.74 Å². The molecule has 1 aliphatic rings. The number of aromatic hydroxyl groups is 2. The van der Waals surface area contributed by atoms with E-state index in [1.54, 1.807) is 61.7 Å². The van der Waals surface area contributed by atoms with Gasteiger partial charge in [-0.2, -0.15) is 30.4 Å². The molecule has 0 saturated carbocycles. The van der Waals surface area contributed by atoms with Crippen LogP contribution in [-0.4, -0.2) is 59.4 Å². The summed E-state index contributed by atoms with van der Waals surface area (Å²) in [4.78, 5) is 31.4. The molecule has 0 radical (unpaired) electrons. The fraction of sp³-hybridized carbons (Fsp3) is 0.0312. The van der Waals surface area contributed by atoms with Gasteiger partial charge in [-0.3, -0.25) is 10.2 Å². The third-order valence-corrected chi connectivity index (χ3v) is 7.14. The molecule has 50 heavy (non-hydrogen) atoms. The van der Waals surface area contributed by atoms with Crippen LogP contribution in [0, 0.1) is 10.4 Å². The Hall–Kier alpha value is -6.67. The smallest absolute Gasteiger partial charge is 0.297 e. The highest BCUT2D eigenvalue weighted by molar-refractivity contribution is 6.20. The number of amidine groups is 1. The van der Waals surface area contributed by atoms with Crippen molar-refractivity contribution in [3.8, 4) is 17.2 Å². The van der Waals surface area contributed by atoms with Crippen LogP contribution in [-0.2, 0) is 4.79 Å². The van der Waals surface area contributed by atoms with Gasteiger partial charge in [-0.1, -0.05) is 42.5 Å². The molecule has 0 spiro atoms. The van der Waals surface area contributed by atoms with Crippen LogP contribution < -0.4 is 31.2 Å². The number of benzene rings is 4. The maximum absolute atomic E-state index is 13.8. The molecule has 0 fully saturated rings. The third-order valence-electron chi connectivity index (χ3n) is 7.14. The predicted molar refractivity (Wildman–Crippen MR) is 179 cm³/mol. The average molecular weight is 681 g/mol. The van der Waals surface area contributed by atoms with E-state index in [-0.39, 0.29) is 52.1 Å². The molecule has 0 aliphatic carbocycles. The van der Waals surface area contributed by atoms with Crippen LogP contribution in [0.1, 0.15) is 11.1 Å². The summed E-state index contributed by atoms with van der Waals surface area (Å²) in [5, 5.41) is 66.5. The number of aromatic nitrogens is 3. The molecule has 18 nitrogen and oxygen atoms in total. The minimum Gasteiger partial charge on any atom is -0.595 e. The van der Waals surface area contributed by atoms with Crippen molar-refractivity contribution in [1.29, 1.82) is 0 Å². The molecule has 1 aromatic heterocycles. The second-order valence-corrected chi connectivity index (χ2v) is 10.5. The van der Waals surface area contributed by atoms with Crippen molar-refractivity contribution in [2.75, 3.05) is 23.2 Å². The van der Waals surface area contributed by atoms with E-state index < -0.39 is 27.9 Å². The van der Waals surface area contributed by atoms with Crippen LogP contribution in [0.5, 0.6) is 17.2 Å². The zero-order valence-electron chi connectivity index (χ0n) is 25.9. The summed E-state index contributed by atoms with van der Waals surface area (Å²) in [6.07, 6.45) is 1.60. The van der Waals surface area contributed by atoms with Gasteiger partial charge in [0, 0.05) is 29.8 Å². The Morgan fingerprint density at radius 3 is 1.80 bits per heavy atom. The fourth-order valence-electron chi connectivity index (χ4n) is 4.68. The van der Waals surface area contributed by atoms with E-state index in [2.05, 4.69) is 36.0 Å². The number of hydrogen-bond donors (Lipinski definition) is 9. The van der Waals surface area contributed by atoms with Gasteiger partial charge in [0.05, 0.1) is 18.5 Å². The number of phenolic OH excluding ortho intramolecular Hbond substituents is 2. The van der Waals surface area contributed by atoms with E-state index >= 15 is 0 Å². The van der Waals surface area contributed by atoms with E-state index in [0.717, 1.165) is 17.1 Å². The molecule has 2 unspecified atom stereocenters. The van der Waals surface area contributed by atoms with E-state index in [0.29, 0.717) is 16.9 Å². The number of methoxy groups -OCH3 is 1. The van der Waals surface area contributed by atoms with Crippen molar-refractivity contribution in [2.45, 2.75) is 0 Å². The van der Waals surface area contributed by atoms with Crippen molar-refractivity contribution in [3.63, 3.8) is 0 Å². The van der Waals surface area contributed by atoms with Crippen LogP contribution in [0.25, 0.3) is 6.08 Å². The Bertz CT molecular complexity index is 2020. The third kappa shape index (κ3) is 7.40. The first-order chi connectivity index (χ1) is 24.1. The number of amides is 1. The Balaban J connectivity index is 1.38. The Morgan fingerprint density at radius 2 is 1.30 bits per heavy atom. The minimum atomic E-state index is -1.25. The van der Waals surface area contributed by atoms with E-state index in [9.17, 15) is 35.8 Å². The minimum absolute atomic E-state index is 0.0419. The summed E-state index contributed by atoms with van der Waals surface area (Å²) in [5.74, 6) is -1.07. The number of aliphatic imine (C=N–C) groups is 1. The van der Waals surface area contributed by atoms with E-state index in [1.165, 1.54) is 24.3 Å². The van der Waals surface area contributed by atoms with Gasteiger partial charge in [0.25, 0.3) is 5.91 Å². The monoisotopic (exact) mass is 680 g/mol. The Kier molecular flexibility index (Phi) is 9.45. The van der Waals surface area contributed by atoms with Crippen LogP contribution in [0.3, 0.4) is 0 Å². The highest BCUT2D eigenvalue weighted by Crippen LogP contribution is 2.31. The number of nitrogens with zero attached hydrogens (tertiary/aromatic N) is 5. The number of hydrogen-bond acceptors (Lipinski definition) is 15. The van der Waals surface area contributed by atoms with Gasteiger partial charge in [0.2, 0.25) is 17.8 Å². The van der Waals surface area contributed by atoms with Gasteiger partial charge in [-0.25, -0.2) is 15.4 Å². The largest absolute Gasteiger partial charge is 0.595 e. The first-order valence-electron chi connectivity index (χ1n) is 14.6. The summed E-state index contributed by atoms with van der Waals surface area (Å²) in [6, 6.07) is 23.1. The molecular weight excluding hydrogens is 652 g/mol. The summed E-state index contributed by atoms with van der Waals surface area (Å²) < 4.78 is 5.22. The number of carbonyl (C=O) groups is 1. The first kappa shape index (κ1) is 33.2. The van der Waals surface area contributed by atoms with E-state index in [1.807, 2.05) is 6.07 Å². The molecule has 4 aromatic carbocycles. The number of phenols is 2. The lowest BCUT2D eigenvalue weighted by Crippen LogP contribution is -2.99. The van der Waals surface area contributed by atoms with Crippen LogP contribution in [0.15, 0.2) is 102 Å². The molecule has 0 bridgehead atoms. The molecule has 254 valence electrons. The molecule has 18 heteroatoms. The normalized spacial score (nSPS) is 14.7. The Morgan fingerprint density at radius 1 is 0.760 bits per heavy atom. The summed E-state index contributed by atoms with van der Waals surface area (Å²) in [6.45, 7) is 0. The zero-order valence-corrected chi connectivity index (χ0v) is 25.9. The maximum Gasteiger partial charge on any atom is 0.297 e. The molecular formula is C32H28N10O8. The lowest BCUT2D eigenvalue weighted by Gasteiger charge is -2.20. The molecule has 9 N–H and O–H groups in total. The van der Waals surface area contributed by atoms with Gasteiger partial charge < -0.3 is 36.0 Å². The standard InChI is InChI=1S/C32H28N10O8/c1-50-22-11-7-18(8-12-22)15-25-29(45)40(28(33-25)19-5-3-2-4-6-19)39-32-37-30(34-23-13-9-20(41(46)47)16-26(23)43)36-31(38-32)35-24-14-10-21(42(48)49)17-27(24)44/h2-17,41-44,46,48H,1H3,(H3,34,35,36,37,38,39). The van der Waals surface area contributed by atoms with Crippen LogP contribution in [0.2, 0.25) is 0 Å². The summed E-state index contributed by atoms with van der Waals surface area (Å²) >= 11 is 0. The summed E-state index contributed by atoms with van der Waals surface area (Å²) in [7, 11) is 1.55. The fourth-order valence-corrected chi connectivity index (χ4v) is 4.68. The molecule has 5 aromatic rings. The van der Waals surface area contributed by atoms with Gasteiger partial charge in [-0.05, 0) is 35.9 Å². The molecule has 6 rings (SSSR count). The number of rotatable bonds is 11. The lowest BCUT2D eigenvalue weighted by atomic mass is 10.2. The van der Waals surface area contributed by atoms with Gasteiger partial charge in [0.1, 0.15) is 22.9 Å². The SMILES string of the molecule is COc1ccc(C=C2N=C(c3ccccc3)N(Nc3nc(Nc4ccc([NH+]([O-])O)cc4O)nc(Nc4ccc([NH+]([O-])O)cc4O)n3)C2=O)cc1. The van der Waals surface area contributed by atoms with Crippen molar-refractivity contribution >= 4 is 58.4 Å². The second kappa shape index (κ2) is 14.2. The number of anilines is 5. The van der Waals surface area contributed by atoms with Gasteiger partial charge in [-0.15, -0.1) is 0 Å². The van der Waals surface area contributed by atoms with Crippen molar-refractivity contribution < 1.29 is 40.6 Å². The molecule has 1 aliphatic heterocycles. The molecule has 2 atom stereocenters. The highest BCUT2D eigenvalue weighted by atomic mass is 16.8. The quantitative estimate of drug-likeness (QED) is 0.0551. The van der Waals surface area contributed by atoms with Crippen molar-refractivity contribution in [1.82, 2.24) is 20.0 Å². The topological polar surface area (TPSA) is 253 Å². The second-order valence-electron chi connectivity index (χ2n) is 10.5. The van der Waals surface area contributed by atoms with Crippen molar-refractivity contribution in [2.24, 2.45) is 4.99 Å². The molecule has 1 amide bonds. The van der Waals surface area contributed by atoms with Crippen LogP contribution in [0.4, 0.5) is 40.6 Å². The molecule has 0 saturated heterocycles. The number of nitrogens with one attached hydrogen (secondary N) is 5. The number of carbonyl (C=O) groups excluding carboxylic acids is 1. The summed E-state index contributed by atoms with van der Waals surface area (Å²) in [5.41, 5.74) is 4.01.